The van der Waals surface area contributed by atoms with Crippen LogP contribution in [0.4, 0.5) is 5.82 Å². The highest BCUT2D eigenvalue weighted by Crippen LogP contribution is 2.38. The van der Waals surface area contributed by atoms with Crippen LogP contribution in [-0.4, -0.2) is 28.3 Å². The first kappa shape index (κ1) is 11.9. The number of hydrogen-bond acceptors (Lipinski definition) is 4. The molecule has 0 radical (unpaired) electrons. The zero-order chi connectivity index (χ0) is 12.7. The Morgan fingerprint density at radius 3 is 2.67 bits per heavy atom. The molecular weight excluding hydrogens is 226 g/mol. The number of anilines is 1. The highest BCUT2D eigenvalue weighted by Gasteiger charge is 2.40. The molecule has 4 nitrogen and oxygen atoms in total. The predicted octanol–water partition coefficient (Wildman–Crippen LogP) is 1.59. The lowest BCUT2D eigenvalue weighted by molar-refractivity contribution is 0.126. The van der Waals surface area contributed by atoms with Gasteiger partial charge in [-0.1, -0.05) is 0 Å². The third kappa shape index (κ3) is 1.99. The van der Waals surface area contributed by atoms with Gasteiger partial charge in [-0.2, -0.15) is 0 Å². The molecule has 3 atom stereocenters. The van der Waals surface area contributed by atoms with E-state index in [0.717, 1.165) is 24.2 Å². The maximum atomic E-state index is 9.83. The van der Waals surface area contributed by atoms with Gasteiger partial charge in [-0.25, -0.2) is 4.98 Å². The monoisotopic (exact) mass is 247 g/mol. The molecule has 2 saturated heterocycles. The molecule has 2 unspecified atom stereocenters. The van der Waals surface area contributed by atoms with E-state index in [-0.39, 0.29) is 12.1 Å². The second-order valence-corrected chi connectivity index (χ2v) is 5.65. The summed E-state index contributed by atoms with van der Waals surface area (Å²) in [7, 11) is 0. The summed E-state index contributed by atoms with van der Waals surface area (Å²) in [4.78, 5) is 6.90. The molecule has 1 aromatic heterocycles. The van der Waals surface area contributed by atoms with Crippen molar-refractivity contribution in [3.63, 3.8) is 0 Å². The summed E-state index contributed by atoms with van der Waals surface area (Å²) in [6, 6.07) is 5.03. The van der Waals surface area contributed by atoms with Crippen LogP contribution < -0.4 is 10.6 Å². The summed E-state index contributed by atoms with van der Waals surface area (Å²) in [6.07, 6.45) is 5.81. The lowest BCUT2D eigenvalue weighted by atomic mass is 9.99. The largest absolute Gasteiger partial charge is 0.393 e. The summed E-state index contributed by atoms with van der Waals surface area (Å²) in [5.41, 5.74) is 7.06. The fourth-order valence-electron chi connectivity index (χ4n) is 3.38. The lowest BCUT2D eigenvalue weighted by Crippen LogP contribution is -2.45. The number of aliphatic hydroxyl groups excluding tert-OH is 1. The van der Waals surface area contributed by atoms with E-state index in [2.05, 4.69) is 16.0 Å². The average molecular weight is 247 g/mol. The van der Waals surface area contributed by atoms with Crippen LogP contribution in [-0.2, 0) is 0 Å². The van der Waals surface area contributed by atoms with Crippen molar-refractivity contribution in [1.29, 1.82) is 0 Å². The second-order valence-electron chi connectivity index (χ2n) is 5.65. The van der Waals surface area contributed by atoms with E-state index < -0.39 is 0 Å². The summed E-state index contributed by atoms with van der Waals surface area (Å²) in [5, 5.41) is 9.83. The molecule has 2 fully saturated rings. The van der Waals surface area contributed by atoms with E-state index in [0.29, 0.717) is 12.1 Å². The molecule has 3 rings (SSSR count). The van der Waals surface area contributed by atoms with Gasteiger partial charge >= 0.3 is 0 Å². The van der Waals surface area contributed by atoms with Crippen molar-refractivity contribution < 1.29 is 5.11 Å². The molecule has 0 saturated carbocycles. The smallest absolute Gasteiger partial charge is 0.129 e. The number of aromatic nitrogens is 1. The van der Waals surface area contributed by atoms with Crippen LogP contribution in [0.3, 0.4) is 0 Å². The molecule has 3 heterocycles. The van der Waals surface area contributed by atoms with Crippen molar-refractivity contribution in [1.82, 2.24) is 4.98 Å². The number of aliphatic hydroxyl groups is 1. The van der Waals surface area contributed by atoms with Gasteiger partial charge in [-0.15, -0.1) is 0 Å². The van der Waals surface area contributed by atoms with Crippen molar-refractivity contribution >= 4 is 5.82 Å². The van der Waals surface area contributed by atoms with E-state index in [4.69, 9.17) is 5.73 Å². The highest BCUT2D eigenvalue weighted by atomic mass is 16.3. The average Bonchev–Trinajstić information content (AvgIpc) is 2.62. The number of nitrogens with zero attached hydrogens (tertiary/aromatic N) is 2. The highest BCUT2D eigenvalue weighted by molar-refractivity contribution is 5.46. The number of rotatable bonds is 2. The molecular formula is C14H21N3O. The first-order valence-electron chi connectivity index (χ1n) is 6.83. The van der Waals surface area contributed by atoms with Crippen LogP contribution in [0.1, 0.15) is 44.2 Å². The summed E-state index contributed by atoms with van der Waals surface area (Å²) in [6.45, 7) is 1.99. The minimum absolute atomic E-state index is 0.0415. The van der Waals surface area contributed by atoms with E-state index >= 15 is 0 Å². The van der Waals surface area contributed by atoms with E-state index in [9.17, 15) is 5.11 Å². The minimum Gasteiger partial charge on any atom is -0.393 e. The Bertz CT molecular complexity index is 421. The topological polar surface area (TPSA) is 62.4 Å². The number of pyridine rings is 1. The van der Waals surface area contributed by atoms with Crippen LogP contribution in [0, 0.1) is 0 Å². The van der Waals surface area contributed by atoms with E-state index in [1.165, 1.54) is 12.8 Å². The molecule has 0 amide bonds. The zero-order valence-corrected chi connectivity index (χ0v) is 10.8. The number of nitrogens with two attached hydrogens (primary N) is 1. The zero-order valence-electron chi connectivity index (χ0n) is 10.8. The number of piperidine rings is 1. The van der Waals surface area contributed by atoms with Gasteiger partial charge in [0.15, 0.2) is 0 Å². The lowest BCUT2D eigenvalue weighted by Gasteiger charge is -2.38. The summed E-state index contributed by atoms with van der Waals surface area (Å²) >= 11 is 0. The molecule has 3 N–H and O–H groups in total. The van der Waals surface area contributed by atoms with Crippen molar-refractivity contribution in [2.75, 3.05) is 4.90 Å². The Morgan fingerprint density at radius 2 is 2.06 bits per heavy atom. The standard InChI is InChI=1S/C14H21N3O/c1-9(15)10-4-5-16-14(6-10)17-11-2-3-12(17)8-13(18)7-11/h4-6,9,11-13,18H,2-3,7-8,15H2,1H3/t9-,11?,12?,13?/m1/s1. The van der Waals surface area contributed by atoms with Crippen LogP contribution in [0.5, 0.6) is 0 Å². The van der Waals surface area contributed by atoms with Gasteiger partial charge < -0.3 is 15.7 Å². The van der Waals surface area contributed by atoms with Crippen LogP contribution in [0.2, 0.25) is 0 Å². The van der Waals surface area contributed by atoms with Gasteiger partial charge in [0.25, 0.3) is 0 Å². The fourth-order valence-corrected chi connectivity index (χ4v) is 3.38. The molecule has 4 heteroatoms. The first-order valence-corrected chi connectivity index (χ1v) is 6.83. The van der Waals surface area contributed by atoms with Gasteiger partial charge in [0.05, 0.1) is 6.10 Å². The Labute approximate surface area is 108 Å². The quantitative estimate of drug-likeness (QED) is 0.833. The maximum Gasteiger partial charge on any atom is 0.129 e. The maximum absolute atomic E-state index is 9.83. The Hall–Kier alpha value is -1.13. The Balaban J connectivity index is 1.89. The Morgan fingerprint density at radius 1 is 1.39 bits per heavy atom. The molecule has 98 valence electrons. The van der Waals surface area contributed by atoms with E-state index in [1.807, 2.05) is 19.2 Å². The van der Waals surface area contributed by atoms with Crippen LogP contribution in [0.15, 0.2) is 18.3 Å². The van der Waals surface area contributed by atoms with E-state index in [1.54, 1.807) is 0 Å². The van der Waals surface area contributed by atoms with Crippen molar-refractivity contribution in [2.45, 2.75) is 56.8 Å². The van der Waals surface area contributed by atoms with Gasteiger partial charge in [-0.3, -0.25) is 0 Å². The third-order valence-corrected chi connectivity index (χ3v) is 4.27. The molecule has 1 aromatic rings. The van der Waals surface area contributed by atoms with Crippen molar-refractivity contribution in [2.24, 2.45) is 5.73 Å². The van der Waals surface area contributed by atoms with Gasteiger partial charge in [0.2, 0.25) is 0 Å². The number of fused-ring (bicyclic) bond motifs is 2. The second kappa shape index (κ2) is 4.52. The molecule has 2 aliphatic heterocycles. The predicted molar refractivity (Wildman–Crippen MR) is 71.4 cm³/mol. The molecule has 2 aliphatic rings. The minimum atomic E-state index is -0.129. The fraction of sp³-hybridized carbons (Fsp3) is 0.643. The Kier molecular flexibility index (Phi) is 2.99. The van der Waals surface area contributed by atoms with Crippen LogP contribution >= 0.6 is 0 Å². The molecule has 2 bridgehead atoms. The third-order valence-electron chi connectivity index (χ3n) is 4.27. The molecule has 0 aromatic carbocycles. The molecule has 0 spiro atoms. The number of hydrogen-bond donors (Lipinski definition) is 2. The summed E-state index contributed by atoms with van der Waals surface area (Å²) < 4.78 is 0. The summed E-state index contributed by atoms with van der Waals surface area (Å²) in [5.74, 6) is 1.03. The van der Waals surface area contributed by atoms with Gasteiger partial charge in [-0.05, 0) is 50.3 Å². The van der Waals surface area contributed by atoms with Gasteiger partial charge in [0, 0.05) is 24.3 Å². The SMILES string of the molecule is C[C@@H](N)c1ccnc(N2C3CCC2CC(O)C3)c1. The molecule has 0 aliphatic carbocycles. The normalized spacial score (nSPS) is 32.6. The van der Waals surface area contributed by atoms with Crippen LogP contribution in [0.25, 0.3) is 0 Å². The van der Waals surface area contributed by atoms with Gasteiger partial charge in [0.1, 0.15) is 5.82 Å². The van der Waals surface area contributed by atoms with Crippen molar-refractivity contribution in [3.05, 3.63) is 23.9 Å². The molecule has 18 heavy (non-hydrogen) atoms. The van der Waals surface area contributed by atoms with Crippen molar-refractivity contribution in [3.8, 4) is 0 Å². The first-order chi connectivity index (χ1) is 8.65.